The van der Waals surface area contributed by atoms with Crippen molar-refractivity contribution < 1.29 is 4.74 Å². The predicted octanol–water partition coefficient (Wildman–Crippen LogP) is 3.68. The van der Waals surface area contributed by atoms with Crippen LogP contribution in [0.1, 0.15) is 12.8 Å². The summed E-state index contributed by atoms with van der Waals surface area (Å²) in [5.74, 6) is 0. The maximum atomic E-state index is 5.73. The van der Waals surface area contributed by atoms with Crippen LogP contribution in [0.25, 0.3) is 0 Å². The van der Waals surface area contributed by atoms with Gasteiger partial charge < -0.3 is 4.74 Å². The van der Waals surface area contributed by atoms with Crippen molar-refractivity contribution >= 4 is 31.9 Å². The van der Waals surface area contributed by atoms with Gasteiger partial charge in [0, 0.05) is 10.7 Å². The summed E-state index contributed by atoms with van der Waals surface area (Å²) >= 11 is 6.76. The molecule has 0 aliphatic rings. The second kappa shape index (κ2) is 8.97. The van der Waals surface area contributed by atoms with Gasteiger partial charge in [-0.05, 0) is 12.8 Å². The summed E-state index contributed by atoms with van der Waals surface area (Å²) in [6.07, 6.45) is 5.84. The molecule has 0 saturated heterocycles. The number of hydrogen-bond acceptors (Lipinski definition) is 1. The highest BCUT2D eigenvalue weighted by Crippen LogP contribution is 2.10. The molecule has 13 heavy (non-hydrogen) atoms. The fourth-order valence-corrected chi connectivity index (χ4v) is 1.82. The van der Waals surface area contributed by atoms with Crippen LogP contribution in [-0.2, 0) is 4.74 Å². The van der Waals surface area contributed by atoms with Gasteiger partial charge in [0.15, 0.2) is 0 Å². The predicted molar refractivity (Wildman–Crippen MR) is 65.9 cm³/mol. The first-order valence-corrected chi connectivity index (χ1v) is 6.55. The van der Waals surface area contributed by atoms with E-state index in [0.29, 0.717) is 0 Å². The third-order valence-electron chi connectivity index (χ3n) is 1.66. The molecule has 0 saturated carbocycles. The van der Waals surface area contributed by atoms with Crippen LogP contribution < -0.4 is 0 Å². The van der Waals surface area contributed by atoms with Gasteiger partial charge in [0.2, 0.25) is 0 Å². The van der Waals surface area contributed by atoms with E-state index in [1.165, 1.54) is 0 Å². The molecule has 0 aromatic carbocycles. The maximum Gasteiger partial charge on any atom is 0.0769 e. The molecule has 0 aliphatic heterocycles. The number of rotatable bonds is 8. The fourth-order valence-electron chi connectivity index (χ4n) is 0.922. The average molecular weight is 312 g/mol. The van der Waals surface area contributed by atoms with Crippen molar-refractivity contribution in [3.63, 3.8) is 0 Å². The van der Waals surface area contributed by atoms with Crippen molar-refractivity contribution in [2.75, 3.05) is 10.7 Å². The molecule has 2 unspecified atom stereocenters. The normalized spacial score (nSPS) is 14.9. The van der Waals surface area contributed by atoms with Crippen molar-refractivity contribution in [1.82, 2.24) is 0 Å². The van der Waals surface area contributed by atoms with E-state index in [9.17, 15) is 0 Å². The Kier molecular flexibility index (Phi) is 9.25. The third kappa shape index (κ3) is 6.47. The molecule has 2 atom stereocenters. The molecule has 1 nitrogen and oxygen atoms in total. The SMILES string of the molecule is C=CC(CCBr)OC(C=C)CCBr. The lowest BCUT2D eigenvalue weighted by Crippen LogP contribution is -2.19. The second-order valence-electron chi connectivity index (χ2n) is 2.64. The zero-order valence-electron chi connectivity index (χ0n) is 7.72. The van der Waals surface area contributed by atoms with Gasteiger partial charge in [-0.1, -0.05) is 44.0 Å². The molecule has 0 N–H and O–H groups in total. The van der Waals surface area contributed by atoms with Crippen LogP contribution in [-0.4, -0.2) is 22.9 Å². The monoisotopic (exact) mass is 310 g/mol. The minimum atomic E-state index is 0.126. The summed E-state index contributed by atoms with van der Waals surface area (Å²) in [7, 11) is 0. The topological polar surface area (TPSA) is 9.23 Å². The molecular formula is C10H16Br2O. The lowest BCUT2D eigenvalue weighted by atomic mass is 10.2. The van der Waals surface area contributed by atoms with Gasteiger partial charge in [0.25, 0.3) is 0 Å². The van der Waals surface area contributed by atoms with Gasteiger partial charge in [-0.15, -0.1) is 13.2 Å². The second-order valence-corrected chi connectivity index (χ2v) is 4.23. The lowest BCUT2D eigenvalue weighted by Gasteiger charge is -2.18. The number of hydrogen-bond donors (Lipinski definition) is 0. The van der Waals surface area contributed by atoms with Gasteiger partial charge >= 0.3 is 0 Å². The average Bonchev–Trinajstić information content (AvgIpc) is 2.16. The first-order chi connectivity index (χ1) is 6.28. The molecule has 0 radical (unpaired) electrons. The Labute approximate surface area is 97.5 Å². The van der Waals surface area contributed by atoms with E-state index >= 15 is 0 Å². The Morgan fingerprint density at radius 1 is 1.00 bits per heavy atom. The molecule has 0 amide bonds. The van der Waals surface area contributed by atoms with Crippen LogP contribution in [0.5, 0.6) is 0 Å². The number of alkyl halides is 2. The molecule has 0 heterocycles. The molecule has 0 aromatic heterocycles. The summed E-state index contributed by atoms with van der Waals surface area (Å²) in [6.45, 7) is 7.47. The number of ether oxygens (including phenoxy) is 1. The van der Waals surface area contributed by atoms with Crippen molar-refractivity contribution in [2.45, 2.75) is 25.0 Å². The summed E-state index contributed by atoms with van der Waals surface area (Å²) < 4.78 is 5.73. The van der Waals surface area contributed by atoms with Gasteiger partial charge in [0.1, 0.15) is 0 Å². The standard InChI is InChI=1S/C10H16Br2O/c1-3-9(5-7-11)13-10(4-2)6-8-12/h3-4,9-10H,1-2,5-8H2. The fraction of sp³-hybridized carbons (Fsp3) is 0.600. The van der Waals surface area contributed by atoms with Crippen LogP contribution in [0.15, 0.2) is 25.3 Å². The molecule has 0 rings (SSSR count). The molecule has 3 heteroatoms. The summed E-state index contributed by atoms with van der Waals surface area (Å²) in [4.78, 5) is 0. The van der Waals surface area contributed by atoms with Gasteiger partial charge in [0.05, 0.1) is 12.2 Å². The summed E-state index contributed by atoms with van der Waals surface area (Å²) in [6, 6.07) is 0. The minimum absolute atomic E-state index is 0.126. The van der Waals surface area contributed by atoms with E-state index in [1.54, 1.807) is 0 Å². The molecule has 76 valence electrons. The lowest BCUT2D eigenvalue weighted by molar-refractivity contribution is 0.0395. The molecule has 0 fully saturated rings. The van der Waals surface area contributed by atoms with Crippen molar-refractivity contribution in [3.8, 4) is 0 Å². The van der Waals surface area contributed by atoms with E-state index in [0.717, 1.165) is 23.5 Å². The van der Waals surface area contributed by atoms with E-state index in [1.807, 2.05) is 12.2 Å². The van der Waals surface area contributed by atoms with Gasteiger partial charge in [-0.3, -0.25) is 0 Å². The van der Waals surface area contributed by atoms with Crippen LogP contribution in [0.3, 0.4) is 0 Å². The van der Waals surface area contributed by atoms with Crippen LogP contribution in [0.2, 0.25) is 0 Å². The highest BCUT2D eigenvalue weighted by molar-refractivity contribution is 9.09. The Balaban J connectivity index is 3.86. The smallest absolute Gasteiger partial charge is 0.0769 e. The maximum absolute atomic E-state index is 5.73. The largest absolute Gasteiger partial charge is 0.367 e. The van der Waals surface area contributed by atoms with E-state index in [4.69, 9.17) is 4.74 Å². The Morgan fingerprint density at radius 3 is 1.62 bits per heavy atom. The third-order valence-corrected chi connectivity index (χ3v) is 2.58. The molecule has 0 spiro atoms. The van der Waals surface area contributed by atoms with E-state index in [-0.39, 0.29) is 12.2 Å². The Bertz CT molecular complexity index is 132. The van der Waals surface area contributed by atoms with Crippen LogP contribution in [0.4, 0.5) is 0 Å². The Morgan fingerprint density at radius 2 is 1.38 bits per heavy atom. The van der Waals surface area contributed by atoms with Crippen molar-refractivity contribution in [2.24, 2.45) is 0 Å². The number of halogens is 2. The highest BCUT2D eigenvalue weighted by Gasteiger charge is 2.09. The van der Waals surface area contributed by atoms with Gasteiger partial charge in [-0.25, -0.2) is 0 Å². The first-order valence-electron chi connectivity index (χ1n) is 4.31. The van der Waals surface area contributed by atoms with Crippen molar-refractivity contribution in [3.05, 3.63) is 25.3 Å². The highest BCUT2D eigenvalue weighted by atomic mass is 79.9. The molecular weight excluding hydrogens is 296 g/mol. The summed E-state index contributed by atoms with van der Waals surface area (Å²) in [5, 5.41) is 1.86. The zero-order chi connectivity index (χ0) is 10.1. The summed E-state index contributed by atoms with van der Waals surface area (Å²) in [5.41, 5.74) is 0. The van der Waals surface area contributed by atoms with Crippen LogP contribution in [0, 0.1) is 0 Å². The van der Waals surface area contributed by atoms with Crippen LogP contribution >= 0.6 is 31.9 Å². The zero-order valence-corrected chi connectivity index (χ0v) is 10.9. The quantitative estimate of drug-likeness (QED) is 0.491. The van der Waals surface area contributed by atoms with E-state index in [2.05, 4.69) is 45.0 Å². The van der Waals surface area contributed by atoms with Gasteiger partial charge in [-0.2, -0.15) is 0 Å². The molecule has 0 bridgehead atoms. The Hall–Kier alpha value is 0.400. The molecule has 0 aliphatic carbocycles. The first kappa shape index (κ1) is 13.4. The molecule has 0 aromatic rings. The minimum Gasteiger partial charge on any atom is -0.367 e. The van der Waals surface area contributed by atoms with E-state index < -0.39 is 0 Å². The van der Waals surface area contributed by atoms with Crippen molar-refractivity contribution in [1.29, 1.82) is 0 Å².